The van der Waals surface area contributed by atoms with Crippen LogP contribution in [-0.2, 0) is 41.1 Å². The van der Waals surface area contributed by atoms with E-state index in [9.17, 15) is 102 Å². The number of aromatic hydroxyl groups is 1. The summed E-state index contributed by atoms with van der Waals surface area (Å²) in [6.45, 7) is -5.79. The van der Waals surface area contributed by atoms with Crippen LogP contribution in [0, 0.1) is 23.3 Å². The number of hydrogen-bond donors (Lipinski definition) is 7. The van der Waals surface area contributed by atoms with E-state index in [-0.39, 0.29) is 39.5 Å². The predicted molar refractivity (Wildman–Crippen MR) is 402 cm³/mol. The van der Waals surface area contributed by atoms with E-state index in [2.05, 4.69) is 71.6 Å². The number of phenolic OH excluding ortho intramolecular Hbond substituents is 1. The standard InChI is InChI=1S/C20H15F5N2O4.C19H14BrF5N2O2.C19H13ClF5N3O2.C12H10BrF5N2O.C6H6ClNO/c21-10-19(13-8-12(17(29)30)6-7-14(13)22)9-15(20(23,24)25)31-18(27-19)26-16(28)11-4-2-1-3-5-11;20-12-6-7-14(22)13(8-12)18(10-21)9-15(19(23,24)25)29-17(27-18)26-16(28)11-4-2-1-3-5-11;20-10-2-4-13-14(6-10)29-16(27-13)9-1-3-12(22)11(5-9)18(8-21)7-15(19(23,24)25)30-17(26)28-18;13-6-1-2-8(15)7(3-6)11(5-14)4-9(12(16,17)18)21-10(19)20-11;7-4-1-2-5(8)6(9)3-4/h1-8,15H,9-10H2,(H,29,30)(H,26,27,28);1-8,15H,9-10H2,(H,26,27,28);1-6,15H,7-8H2,(H2,26,28);1-3,9H,4-5H2,(H2,19,20);1-3,9H,8H2/t15-,19+;2*15-,18+;9-,11+;/m0000./s1. The summed E-state index contributed by atoms with van der Waals surface area (Å²) >= 11 is 17.6. The van der Waals surface area contributed by atoms with Crippen molar-refractivity contribution in [2.24, 2.45) is 31.4 Å². The van der Waals surface area contributed by atoms with Gasteiger partial charge in [-0.3, -0.25) is 20.2 Å². The zero-order valence-electron chi connectivity index (χ0n) is 60.3. The van der Waals surface area contributed by atoms with Crippen molar-refractivity contribution >= 4 is 114 Å². The first-order chi connectivity index (χ1) is 56.2. The third kappa shape index (κ3) is 22.5. The van der Waals surface area contributed by atoms with Gasteiger partial charge in [0.25, 0.3) is 35.9 Å². The fraction of sp³-hybridized carbons (Fsp3) is 0.263. The number of aliphatic imine (C=N–C) groups is 4. The number of carbonyl (C=O) groups excluding carboxylic acids is 2. The molecule has 0 spiro atoms. The normalized spacial score (nSPS) is 21.5. The first kappa shape index (κ1) is 92.7. The number of anilines is 1. The van der Waals surface area contributed by atoms with E-state index < -0.39 is 205 Å². The van der Waals surface area contributed by atoms with Gasteiger partial charge in [0.15, 0.2) is 30.0 Å². The van der Waals surface area contributed by atoms with Gasteiger partial charge in [0.2, 0.25) is 5.89 Å². The number of carbonyl (C=O) groups is 3. The van der Waals surface area contributed by atoms with E-state index in [1.807, 2.05) is 5.32 Å². The van der Waals surface area contributed by atoms with Crippen LogP contribution >= 0.6 is 55.1 Å². The Labute approximate surface area is 690 Å². The van der Waals surface area contributed by atoms with E-state index >= 15 is 0 Å². The Hall–Kier alpha value is -11.1. The number of carboxylic acids is 1. The highest BCUT2D eigenvalue weighted by molar-refractivity contribution is 9.10. The number of nitrogens with zero attached hydrogens (tertiary/aromatic N) is 5. The molecule has 44 heteroatoms. The number of ether oxygens (including phenoxy) is 4. The van der Waals surface area contributed by atoms with Gasteiger partial charge in [-0.2, -0.15) is 52.7 Å². The van der Waals surface area contributed by atoms with E-state index in [4.69, 9.17) is 64.5 Å². The Bertz CT molecular complexity index is 5350. The number of nitrogens with one attached hydrogen (secondary N) is 2. The molecule has 4 aliphatic rings. The number of aromatic nitrogens is 1. The lowest BCUT2D eigenvalue weighted by atomic mass is 9.84. The maximum Gasteiger partial charge on any atom is 0.425 e. The van der Waals surface area contributed by atoms with E-state index in [1.54, 1.807) is 48.5 Å². The van der Waals surface area contributed by atoms with E-state index in [0.29, 0.717) is 41.8 Å². The minimum absolute atomic E-state index is 0.0301. The van der Waals surface area contributed by atoms with Crippen molar-refractivity contribution in [2.75, 3.05) is 32.4 Å². The molecule has 0 fully saturated rings. The monoisotopic (exact) mass is 1880 g/mol. The molecule has 0 aliphatic carbocycles. The molecule has 9 aromatic rings. The number of carboxylic acid groups (broad SMARTS) is 1. The molecule has 13 rings (SSSR count). The first-order valence-corrected chi connectivity index (χ1v) is 36.4. The van der Waals surface area contributed by atoms with Gasteiger partial charge in [0.1, 0.15) is 83.4 Å². The summed E-state index contributed by atoms with van der Waals surface area (Å²) in [5.41, 5.74) is 6.24. The highest BCUT2D eigenvalue weighted by Gasteiger charge is 2.57. The number of benzene rings is 8. The minimum atomic E-state index is -5.00. The van der Waals surface area contributed by atoms with Crippen LogP contribution in [0.1, 0.15) is 79.0 Å². The number of fused-ring (bicyclic) bond motifs is 1. The second kappa shape index (κ2) is 37.7. The average molecular weight is 1880 g/mol. The minimum Gasteiger partial charge on any atom is -0.506 e. The molecule has 0 unspecified atom stereocenters. The molecule has 0 radical (unpaired) electrons. The van der Waals surface area contributed by atoms with Crippen LogP contribution in [0.4, 0.5) is 93.5 Å². The summed E-state index contributed by atoms with van der Waals surface area (Å²) in [6, 6.07) is 33.6. The number of halogens is 24. The Balaban J connectivity index is 0.000000177. The second-order valence-corrected chi connectivity index (χ2v) is 28.9. The number of alkyl halides is 16. The SMILES string of the molecule is NC1=N[C@](CF)(c2cc(-c3nc4ccc(Cl)cc4o3)ccc2F)C[C@@H](C(F)(F)F)O1.NC1=N[C@](CF)(c2cc(Br)ccc2F)C[C@@H](C(F)(F)F)O1.Nc1ccc(Cl)cc1O.O=C(NC1=N[C@](CF)(c2cc(Br)ccc2F)C[C@@H](C(F)(F)F)O1)c1ccccc1.O=C(O)c1ccc(F)c([C@]2(CF)C[C@@H](C(F)(F)F)OC(NC(=O)c3ccccc3)=N2)c1. The van der Waals surface area contributed by atoms with Crippen LogP contribution in [0.3, 0.4) is 0 Å². The largest absolute Gasteiger partial charge is 0.506 e. The summed E-state index contributed by atoms with van der Waals surface area (Å²) in [7, 11) is 0. The van der Waals surface area contributed by atoms with Crippen molar-refractivity contribution in [2.45, 2.75) is 97.0 Å². The lowest BCUT2D eigenvalue weighted by Crippen LogP contribution is -2.50. The maximum absolute atomic E-state index is 14.6. The van der Waals surface area contributed by atoms with Crippen LogP contribution in [0.5, 0.6) is 5.75 Å². The average Bonchev–Trinajstić information content (AvgIpc) is 0.921. The van der Waals surface area contributed by atoms with E-state index in [0.717, 1.165) is 42.5 Å². The molecule has 10 N–H and O–H groups in total. The molecular weight excluding hydrogens is 1820 g/mol. The molecule has 0 saturated heterocycles. The summed E-state index contributed by atoms with van der Waals surface area (Å²) < 4.78 is 297. The lowest BCUT2D eigenvalue weighted by Gasteiger charge is -2.37. The summed E-state index contributed by atoms with van der Waals surface area (Å²) in [6.07, 6.45) is -33.4. The second-order valence-electron chi connectivity index (χ2n) is 26.2. The Morgan fingerprint density at radius 1 is 0.450 bits per heavy atom. The van der Waals surface area contributed by atoms with Gasteiger partial charge in [-0.15, -0.1) is 0 Å². The first-order valence-electron chi connectivity index (χ1n) is 34.0. The molecule has 2 amide bonds. The third-order valence-electron chi connectivity index (χ3n) is 17.9. The summed E-state index contributed by atoms with van der Waals surface area (Å²) in [4.78, 5) is 55.0. The van der Waals surface area contributed by atoms with Crippen LogP contribution < -0.4 is 27.8 Å². The van der Waals surface area contributed by atoms with E-state index in [1.165, 1.54) is 72.8 Å². The number of amides is 2. The van der Waals surface area contributed by atoms with Crippen LogP contribution in [0.25, 0.3) is 22.6 Å². The number of nitrogens with two attached hydrogens (primary N) is 3. The lowest BCUT2D eigenvalue weighted by molar-refractivity contribution is -0.209. The molecule has 0 bridgehead atoms. The molecule has 20 nitrogen and oxygen atoms in total. The fourth-order valence-corrected chi connectivity index (χ4v) is 13.0. The van der Waals surface area contributed by atoms with Crippen molar-refractivity contribution in [3.05, 3.63) is 251 Å². The van der Waals surface area contributed by atoms with Gasteiger partial charge in [-0.1, -0.05) is 91.5 Å². The van der Waals surface area contributed by atoms with Gasteiger partial charge in [0.05, 0.1) is 11.3 Å². The van der Waals surface area contributed by atoms with Crippen molar-refractivity contribution in [3.63, 3.8) is 0 Å². The number of rotatable bonds is 12. The number of aromatic carboxylic acids is 1. The number of phenols is 1. The molecule has 640 valence electrons. The quantitative estimate of drug-likeness (QED) is 0.0340. The van der Waals surface area contributed by atoms with Crippen molar-refractivity contribution in [1.82, 2.24) is 15.6 Å². The van der Waals surface area contributed by atoms with Crippen molar-refractivity contribution in [3.8, 4) is 17.2 Å². The van der Waals surface area contributed by atoms with Gasteiger partial charge >= 0.3 is 30.7 Å². The highest BCUT2D eigenvalue weighted by atomic mass is 79.9. The number of nitrogen functional groups attached to an aromatic ring is 1. The molecule has 5 heterocycles. The maximum atomic E-state index is 14.6. The topological polar surface area (TPSA) is 306 Å². The van der Waals surface area contributed by atoms with Gasteiger partial charge < -0.3 is 50.8 Å². The van der Waals surface area contributed by atoms with Gasteiger partial charge in [-0.05, 0) is 121 Å². The Morgan fingerprint density at radius 3 is 1.19 bits per heavy atom. The van der Waals surface area contributed by atoms with Gasteiger partial charge in [0, 0.05) is 95.8 Å². The Kier molecular flexibility index (Phi) is 29.1. The predicted octanol–water partition coefficient (Wildman–Crippen LogP) is 18.9. The summed E-state index contributed by atoms with van der Waals surface area (Å²) in [5, 5.41) is 23.1. The van der Waals surface area contributed by atoms with Crippen LogP contribution in [-0.4, -0.2) is 133 Å². The molecule has 0 saturated carbocycles. The van der Waals surface area contributed by atoms with Crippen molar-refractivity contribution in [1.29, 1.82) is 0 Å². The molecule has 8 atom stereocenters. The van der Waals surface area contributed by atoms with Gasteiger partial charge in [-0.25, -0.2) is 64.9 Å². The number of hydrogen-bond acceptors (Lipinski definition) is 17. The number of amidine groups is 4. The van der Waals surface area contributed by atoms with Crippen LogP contribution in [0.15, 0.2) is 203 Å². The molecule has 4 aliphatic heterocycles. The third-order valence-corrected chi connectivity index (χ3v) is 19.4. The molecular formula is C76H58Br2Cl2F20N10O10. The molecule has 120 heavy (non-hydrogen) atoms. The Morgan fingerprint density at radius 2 is 0.808 bits per heavy atom. The smallest absolute Gasteiger partial charge is 0.425 e. The molecule has 1 aromatic heterocycles. The van der Waals surface area contributed by atoms with Crippen molar-refractivity contribution < 1.29 is 136 Å². The summed E-state index contributed by atoms with van der Waals surface area (Å²) in [5.74, 6) is -6.97. The van der Waals surface area contributed by atoms with Crippen LogP contribution in [0.2, 0.25) is 10.0 Å². The zero-order chi connectivity index (χ0) is 88.4. The molecule has 8 aromatic carbocycles. The fourth-order valence-electron chi connectivity index (χ4n) is 12.0. The highest BCUT2D eigenvalue weighted by Crippen LogP contribution is 2.48. The zero-order valence-corrected chi connectivity index (χ0v) is 65.0. The number of oxazole rings is 1.